The van der Waals surface area contributed by atoms with Gasteiger partial charge in [0.2, 0.25) is 0 Å². The maximum Gasteiger partial charge on any atom is 0.328 e. The SMILES string of the molecule is CC(C)(C)[Si](C)(C)OC[C@H]1O[C@@H](n2cc(Cc3ccc(OCc4ccccc4)cc3)c(=S)[nH]c2=O)[C@H](O[Si](C)(C)C(C)(C)C)[C@@H]1O[Si](C)(C)C(C)(C)C. The number of hydrogen-bond acceptors (Lipinski definition) is 7. The number of benzene rings is 2. The Balaban J connectivity index is 1.74. The Hall–Kier alpha value is -2.17. The summed E-state index contributed by atoms with van der Waals surface area (Å²) < 4.78 is 36.5. The van der Waals surface area contributed by atoms with Crippen molar-refractivity contribution in [3.8, 4) is 5.75 Å². The fraction of sp³-hybridized carbons (Fsp3) is 0.610. The number of hydrogen-bond donors (Lipinski definition) is 1. The first kappa shape index (κ1) is 43.6. The zero-order valence-corrected chi connectivity index (χ0v) is 38.8. The molecule has 8 nitrogen and oxygen atoms in total. The average molecular weight is 799 g/mol. The van der Waals surface area contributed by atoms with Crippen molar-refractivity contribution in [3.05, 3.63) is 92.6 Å². The summed E-state index contributed by atoms with van der Waals surface area (Å²) in [6.45, 7) is 34.5. The highest BCUT2D eigenvalue weighted by molar-refractivity contribution is 7.71. The van der Waals surface area contributed by atoms with Gasteiger partial charge in [0.1, 0.15) is 35.3 Å². The van der Waals surface area contributed by atoms with E-state index in [1.807, 2.05) is 60.8 Å². The Morgan fingerprint density at radius 1 is 0.736 bits per heavy atom. The molecule has 1 fully saturated rings. The van der Waals surface area contributed by atoms with Gasteiger partial charge in [-0.1, -0.05) is 117 Å². The van der Waals surface area contributed by atoms with Gasteiger partial charge in [-0.15, -0.1) is 0 Å². The zero-order valence-electron chi connectivity index (χ0n) is 35.0. The van der Waals surface area contributed by atoms with Crippen LogP contribution in [0.15, 0.2) is 65.6 Å². The molecular formula is C41H66N2O6SSi3. The fourth-order valence-electron chi connectivity index (χ4n) is 5.38. The summed E-state index contributed by atoms with van der Waals surface area (Å²) in [5.74, 6) is 0.788. The highest BCUT2D eigenvalue weighted by Gasteiger charge is 2.55. The molecule has 1 aliphatic rings. The molecule has 1 N–H and O–H groups in total. The molecule has 12 heteroatoms. The Morgan fingerprint density at radius 2 is 1.26 bits per heavy atom. The molecule has 53 heavy (non-hydrogen) atoms. The van der Waals surface area contributed by atoms with Gasteiger partial charge in [0.05, 0.1) is 6.61 Å². The molecule has 1 aliphatic heterocycles. The lowest BCUT2D eigenvalue weighted by atomic mass is 10.1. The maximum atomic E-state index is 13.9. The van der Waals surface area contributed by atoms with E-state index in [-0.39, 0.29) is 20.8 Å². The molecule has 1 saturated heterocycles. The van der Waals surface area contributed by atoms with Crippen LogP contribution in [0.5, 0.6) is 5.75 Å². The van der Waals surface area contributed by atoms with Crippen LogP contribution in [0.4, 0.5) is 0 Å². The number of nitrogens with zero attached hydrogens (tertiary/aromatic N) is 1. The van der Waals surface area contributed by atoms with E-state index in [4.69, 9.17) is 35.0 Å². The summed E-state index contributed by atoms with van der Waals surface area (Å²) in [7, 11) is -6.89. The highest BCUT2D eigenvalue weighted by Crippen LogP contribution is 2.46. The van der Waals surface area contributed by atoms with Gasteiger partial charge in [0.15, 0.2) is 31.2 Å². The molecule has 0 amide bonds. The van der Waals surface area contributed by atoms with Crippen LogP contribution in [0.3, 0.4) is 0 Å². The third-order valence-electron chi connectivity index (χ3n) is 12.1. The molecule has 2 aromatic carbocycles. The van der Waals surface area contributed by atoms with E-state index >= 15 is 0 Å². The fourth-order valence-corrected chi connectivity index (χ4v) is 9.21. The van der Waals surface area contributed by atoms with Crippen molar-refractivity contribution in [1.29, 1.82) is 0 Å². The lowest BCUT2D eigenvalue weighted by molar-refractivity contribution is -0.0510. The minimum absolute atomic E-state index is 0.0180. The monoisotopic (exact) mass is 798 g/mol. The van der Waals surface area contributed by atoms with E-state index in [0.717, 1.165) is 22.4 Å². The van der Waals surface area contributed by atoms with E-state index < -0.39 is 49.5 Å². The highest BCUT2D eigenvalue weighted by atomic mass is 32.1. The molecule has 0 aliphatic carbocycles. The van der Waals surface area contributed by atoms with Crippen LogP contribution in [-0.2, 0) is 31.0 Å². The van der Waals surface area contributed by atoms with Crippen molar-refractivity contribution in [3.63, 3.8) is 0 Å². The van der Waals surface area contributed by atoms with Crippen LogP contribution < -0.4 is 10.4 Å². The molecule has 1 aromatic heterocycles. The summed E-state index contributed by atoms with van der Waals surface area (Å²) in [5.41, 5.74) is 2.63. The molecule has 0 bridgehead atoms. The first-order chi connectivity index (χ1) is 24.2. The second-order valence-corrected chi connectivity index (χ2v) is 34.0. The second kappa shape index (κ2) is 16.1. The van der Waals surface area contributed by atoms with E-state index in [0.29, 0.717) is 24.3 Å². The van der Waals surface area contributed by atoms with Gasteiger partial charge in [-0.3, -0.25) is 9.55 Å². The summed E-state index contributed by atoms with van der Waals surface area (Å²) in [5, 5.41) is -0.121. The Labute approximate surface area is 327 Å². The first-order valence-corrected chi connectivity index (χ1v) is 28.1. The van der Waals surface area contributed by atoms with E-state index in [9.17, 15) is 4.79 Å². The van der Waals surface area contributed by atoms with Crippen LogP contribution in [0.2, 0.25) is 54.4 Å². The van der Waals surface area contributed by atoms with Gasteiger partial charge in [0, 0.05) is 18.2 Å². The van der Waals surface area contributed by atoms with Crippen molar-refractivity contribution in [2.75, 3.05) is 6.61 Å². The average Bonchev–Trinajstić information content (AvgIpc) is 3.34. The van der Waals surface area contributed by atoms with Crippen molar-refractivity contribution < 1.29 is 22.8 Å². The van der Waals surface area contributed by atoms with Gasteiger partial charge in [-0.2, -0.15) is 0 Å². The van der Waals surface area contributed by atoms with Crippen LogP contribution in [0.1, 0.15) is 85.2 Å². The van der Waals surface area contributed by atoms with Crippen LogP contribution in [0.25, 0.3) is 0 Å². The predicted molar refractivity (Wildman–Crippen MR) is 227 cm³/mol. The zero-order chi connectivity index (χ0) is 39.8. The van der Waals surface area contributed by atoms with Crippen LogP contribution in [-0.4, -0.2) is 59.4 Å². The van der Waals surface area contributed by atoms with E-state index in [2.05, 4.69) is 107 Å². The normalized spacial score (nSPS) is 20.5. The van der Waals surface area contributed by atoms with Crippen LogP contribution >= 0.6 is 12.2 Å². The van der Waals surface area contributed by atoms with E-state index in [1.165, 1.54) is 0 Å². The summed E-state index contributed by atoms with van der Waals surface area (Å²) in [4.78, 5) is 16.9. The van der Waals surface area contributed by atoms with Gasteiger partial charge >= 0.3 is 5.69 Å². The largest absolute Gasteiger partial charge is 0.489 e. The molecule has 0 spiro atoms. The van der Waals surface area contributed by atoms with Gasteiger partial charge in [-0.25, -0.2) is 4.79 Å². The van der Waals surface area contributed by atoms with Crippen molar-refractivity contribution in [2.24, 2.45) is 0 Å². The number of rotatable bonds is 13. The minimum Gasteiger partial charge on any atom is -0.489 e. The molecular weight excluding hydrogens is 733 g/mol. The summed E-state index contributed by atoms with van der Waals surface area (Å²) in [6.07, 6.45) is 0.194. The number of ether oxygens (including phenoxy) is 2. The van der Waals surface area contributed by atoms with Crippen molar-refractivity contribution in [1.82, 2.24) is 9.55 Å². The molecule has 0 saturated carbocycles. The number of aromatic amines is 1. The van der Waals surface area contributed by atoms with Crippen molar-refractivity contribution >= 4 is 37.2 Å². The molecule has 0 unspecified atom stereocenters. The van der Waals surface area contributed by atoms with Crippen LogP contribution in [0, 0.1) is 4.64 Å². The standard InChI is InChI=1S/C41H66N2O6SSi3/c1-39(2,3)51(10,11)46-28-33-34(48-52(12,13)40(4,5)6)35(49-53(14,15)41(7,8)9)37(47-33)43-26-31(36(50)42-38(43)44)25-29-21-23-32(24-22-29)45-27-30-19-17-16-18-20-30/h16-24,26,33-35,37H,25,27-28H2,1-15H3,(H,42,44,50)/t33-,34-,35-,37-/m1/s1. The summed E-state index contributed by atoms with van der Waals surface area (Å²) in [6, 6.07) is 18.1. The maximum absolute atomic E-state index is 13.9. The predicted octanol–water partition coefficient (Wildman–Crippen LogP) is 10.8. The smallest absolute Gasteiger partial charge is 0.328 e. The van der Waals surface area contributed by atoms with Gasteiger partial charge in [-0.05, 0) is 77.7 Å². The molecule has 294 valence electrons. The number of H-pyrrole nitrogens is 1. The lowest BCUT2D eigenvalue weighted by Crippen LogP contribution is -2.54. The third kappa shape index (κ3) is 10.6. The molecule has 4 rings (SSSR count). The topological polar surface area (TPSA) is 83.9 Å². The quantitative estimate of drug-likeness (QED) is 0.136. The Bertz CT molecular complexity index is 1790. The Morgan fingerprint density at radius 3 is 1.79 bits per heavy atom. The Kier molecular flexibility index (Phi) is 13.3. The van der Waals surface area contributed by atoms with Gasteiger partial charge in [0.25, 0.3) is 0 Å². The molecule has 2 heterocycles. The molecule has 0 radical (unpaired) electrons. The summed E-state index contributed by atoms with van der Waals surface area (Å²) >= 11 is 5.74. The minimum atomic E-state index is -2.40. The number of aromatic nitrogens is 2. The van der Waals surface area contributed by atoms with E-state index in [1.54, 1.807) is 4.57 Å². The lowest BCUT2D eigenvalue weighted by Gasteiger charge is -2.44. The third-order valence-corrected chi connectivity index (χ3v) is 25.9. The van der Waals surface area contributed by atoms with Gasteiger partial charge < -0.3 is 22.8 Å². The first-order valence-electron chi connectivity index (χ1n) is 19.0. The second-order valence-electron chi connectivity index (χ2n) is 19.2. The number of nitrogens with one attached hydrogen (secondary N) is 1. The molecule has 4 atom stereocenters. The molecule has 3 aromatic rings. The van der Waals surface area contributed by atoms with Crippen molar-refractivity contribution in [2.45, 2.75) is 154 Å².